The molecule has 0 saturated carbocycles. The highest BCUT2D eigenvalue weighted by atomic mass is 16.5. The topological polar surface area (TPSA) is 38.3 Å². The summed E-state index contributed by atoms with van der Waals surface area (Å²) < 4.78 is 5.15. The van der Waals surface area contributed by atoms with Crippen LogP contribution in [-0.2, 0) is 6.42 Å². The van der Waals surface area contributed by atoms with Crippen molar-refractivity contribution in [3.63, 3.8) is 0 Å². The van der Waals surface area contributed by atoms with E-state index in [1.54, 1.807) is 20.2 Å². The Morgan fingerprint density at radius 1 is 1.50 bits per heavy atom. The molecule has 0 aliphatic heterocycles. The van der Waals surface area contributed by atoms with Crippen molar-refractivity contribution in [3.8, 4) is 5.75 Å². The smallest absolute Gasteiger partial charge is 0.254 e. The summed E-state index contributed by atoms with van der Waals surface area (Å²) in [6.07, 6.45) is 0.935. The lowest BCUT2D eigenvalue weighted by atomic mass is 10.1. The van der Waals surface area contributed by atoms with Crippen molar-refractivity contribution in [2.75, 3.05) is 14.2 Å². The van der Waals surface area contributed by atoms with Gasteiger partial charge < -0.3 is 10.1 Å². The van der Waals surface area contributed by atoms with Crippen LogP contribution in [-0.4, -0.2) is 20.1 Å². The van der Waals surface area contributed by atoms with Gasteiger partial charge in [0.2, 0.25) is 0 Å². The summed E-state index contributed by atoms with van der Waals surface area (Å²) in [5, 5.41) is 2.57. The highest BCUT2D eigenvalue weighted by molar-refractivity contribution is 5.96. The van der Waals surface area contributed by atoms with Gasteiger partial charge in [-0.15, -0.1) is 0 Å². The summed E-state index contributed by atoms with van der Waals surface area (Å²) in [5.41, 5.74) is 1.74. The van der Waals surface area contributed by atoms with Crippen LogP contribution in [0.2, 0.25) is 0 Å². The fraction of sp³-hybridized carbons (Fsp3) is 0.364. The summed E-state index contributed by atoms with van der Waals surface area (Å²) >= 11 is 0. The van der Waals surface area contributed by atoms with Gasteiger partial charge in [-0.1, -0.05) is 13.0 Å². The van der Waals surface area contributed by atoms with Crippen molar-refractivity contribution in [2.45, 2.75) is 13.3 Å². The van der Waals surface area contributed by atoms with Crippen LogP contribution in [0.4, 0.5) is 0 Å². The predicted octanol–water partition coefficient (Wildman–Crippen LogP) is 1.62. The van der Waals surface area contributed by atoms with E-state index in [2.05, 4.69) is 12.2 Å². The van der Waals surface area contributed by atoms with Gasteiger partial charge in [-0.3, -0.25) is 4.79 Å². The SMILES string of the molecule is CCc1ccc(C(=O)NC)c(OC)c1. The van der Waals surface area contributed by atoms with Crippen molar-refractivity contribution >= 4 is 5.91 Å². The highest BCUT2D eigenvalue weighted by Crippen LogP contribution is 2.20. The lowest BCUT2D eigenvalue weighted by Crippen LogP contribution is -2.18. The third kappa shape index (κ3) is 2.05. The van der Waals surface area contributed by atoms with Gasteiger partial charge in [-0.05, 0) is 24.1 Å². The summed E-state index contributed by atoms with van der Waals surface area (Å²) in [4.78, 5) is 11.4. The zero-order valence-electron chi connectivity index (χ0n) is 8.76. The molecule has 0 radical (unpaired) electrons. The second-order valence-electron chi connectivity index (χ2n) is 2.97. The Morgan fingerprint density at radius 3 is 2.71 bits per heavy atom. The first-order chi connectivity index (χ1) is 6.72. The molecule has 0 saturated heterocycles. The normalized spacial score (nSPS) is 9.64. The van der Waals surface area contributed by atoms with Crippen LogP contribution in [0.15, 0.2) is 18.2 Å². The van der Waals surface area contributed by atoms with Crippen molar-refractivity contribution in [2.24, 2.45) is 0 Å². The number of carbonyl (C=O) groups is 1. The first-order valence-electron chi connectivity index (χ1n) is 4.62. The highest BCUT2D eigenvalue weighted by Gasteiger charge is 2.10. The maximum Gasteiger partial charge on any atom is 0.254 e. The second-order valence-corrected chi connectivity index (χ2v) is 2.97. The molecule has 1 aromatic rings. The molecule has 0 aromatic heterocycles. The maximum atomic E-state index is 11.4. The van der Waals surface area contributed by atoms with Crippen molar-refractivity contribution in [1.82, 2.24) is 5.32 Å². The molecule has 1 aromatic carbocycles. The summed E-state index contributed by atoms with van der Waals surface area (Å²) in [6, 6.07) is 5.62. The number of hydrogen-bond acceptors (Lipinski definition) is 2. The molecule has 0 fully saturated rings. The fourth-order valence-electron chi connectivity index (χ4n) is 1.28. The lowest BCUT2D eigenvalue weighted by molar-refractivity contribution is 0.0960. The third-order valence-electron chi connectivity index (χ3n) is 2.15. The van der Waals surface area contributed by atoms with Gasteiger partial charge in [-0.25, -0.2) is 0 Å². The number of nitrogens with one attached hydrogen (secondary N) is 1. The second kappa shape index (κ2) is 4.65. The summed E-state index contributed by atoms with van der Waals surface area (Å²) in [7, 11) is 3.18. The van der Waals surface area contributed by atoms with Gasteiger partial charge in [0, 0.05) is 7.05 Å². The van der Waals surface area contributed by atoms with Crippen molar-refractivity contribution in [3.05, 3.63) is 29.3 Å². The quantitative estimate of drug-likeness (QED) is 0.792. The minimum atomic E-state index is -0.121. The summed E-state index contributed by atoms with van der Waals surface area (Å²) in [5.74, 6) is 0.508. The van der Waals surface area contributed by atoms with Crippen LogP contribution >= 0.6 is 0 Å². The molecule has 1 N–H and O–H groups in total. The Labute approximate surface area is 84.1 Å². The van der Waals surface area contributed by atoms with Crippen molar-refractivity contribution in [1.29, 1.82) is 0 Å². The van der Waals surface area contributed by atoms with Crippen LogP contribution in [0.25, 0.3) is 0 Å². The Bertz CT molecular complexity index is 334. The lowest BCUT2D eigenvalue weighted by Gasteiger charge is -2.08. The predicted molar refractivity (Wildman–Crippen MR) is 55.8 cm³/mol. The fourth-order valence-corrected chi connectivity index (χ4v) is 1.28. The molecule has 3 heteroatoms. The first kappa shape index (κ1) is 10.6. The molecule has 0 aliphatic carbocycles. The van der Waals surface area contributed by atoms with E-state index in [1.807, 2.05) is 12.1 Å². The van der Waals surface area contributed by atoms with Crippen LogP contribution in [0.5, 0.6) is 5.75 Å². The van der Waals surface area contributed by atoms with Crippen LogP contribution in [0, 0.1) is 0 Å². The molecular formula is C11H15NO2. The molecule has 0 spiro atoms. The molecule has 0 unspecified atom stereocenters. The Kier molecular flexibility index (Phi) is 3.51. The van der Waals surface area contributed by atoms with E-state index in [1.165, 1.54) is 0 Å². The molecule has 3 nitrogen and oxygen atoms in total. The van der Waals surface area contributed by atoms with Gasteiger partial charge in [0.1, 0.15) is 5.75 Å². The van der Waals surface area contributed by atoms with Gasteiger partial charge in [0.05, 0.1) is 12.7 Å². The maximum absolute atomic E-state index is 11.4. The standard InChI is InChI=1S/C11H15NO2/c1-4-8-5-6-9(11(13)12-2)10(7-8)14-3/h5-7H,4H2,1-3H3,(H,12,13). The van der Waals surface area contributed by atoms with E-state index >= 15 is 0 Å². The van der Waals surface area contributed by atoms with E-state index in [-0.39, 0.29) is 5.91 Å². The molecule has 0 aliphatic rings. The van der Waals surface area contributed by atoms with Crippen molar-refractivity contribution < 1.29 is 9.53 Å². The zero-order valence-corrected chi connectivity index (χ0v) is 8.76. The van der Waals surface area contributed by atoms with Crippen LogP contribution in [0.1, 0.15) is 22.8 Å². The number of carbonyl (C=O) groups excluding carboxylic acids is 1. The Morgan fingerprint density at radius 2 is 2.21 bits per heavy atom. The number of rotatable bonds is 3. The minimum absolute atomic E-state index is 0.121. The van der Waals surface area contributed by atoms with Gasteiger partial charge >= 0.3 is 0 Å². The van der Waals surface area contributed by atoms with Gasteiger partial charge in [-0.2, -0.15) is 0 Å². The van der Waals surface area contributed by atoms with E-state index in [9.17, 15) is 4.79 Å². The number of aryl methyl sites for hydroxylation is 1. The van der Waals surface area contributed by atoms with Gasteiger partial charge in [0.15, 0.2) is 0 Å². The number of benzene rings is 1. The Hall–Kier alpha value is -1.51. The molecule has 1 amide bonds. The third-order valence-corrected chi connectivity index (χ3v) is 2.15. The van der Waals surface area contributed by atoms with E-state index in [4.69, 9.17) is 4.74 Å². The molecule has 0 bridgehead atoms. The zero-order chi connectivity index (χ0) is 10.6. The van der Waals surface area contributed by atoms with E-state index in [0.29, 0.717) is 11.3 Å². The molecule has 0 heterocycles. The number of hydrogen-bond donors (Lipinski definition) is 1. The molecule has 0 atom stereocenters. The molecule has 14 heavy (non-hydrogen) atoms. The number of amides is 1. The minimum Gasteiger partial charge on any atom is -0.496 e. The van der Waals surface area contributed by atoms with Gasteiger partial charge in [0.25, 0.3) is 5.91 Å². The van der Waals surface area contributed by atoms with E-state index in [0.717, 1.165) is 12.0 Å². The largest absolute Gasteiger partial charge is 0.496 e. The molecular weight excluding hydrogens is 178 g/mol. The van der Waals surface area contributed by atoms with Crippen LogP contribution in [0.3, 0.4) is 0 Å². The van der Waals surface area contributed by atoms with Crippen LogP contribution < -0.4 is 10.1 Å². The average Bonchev–Trinajstić information content (AvgIpc) is 2.27. The molecule has 76 valence electrons. The number of ether oxygens (including phenoxy) is 1. The van der Waals surface area contributed by atoms with E-state index < -0.39 is 0 Å². The summed E-state index contributed by atoms with van der Waals surface area (Å²) in [6.45, 7) is 2.06. The average molecular weight is 193 g/mol. The number of methoxy groups -OCH3 is 1. The monoisotopic (exact) mass is 193 g/mol. The Balaban J connectivity index is 3.11. The first-order valence-corrected chi connectivity index (χ1v) is 4.62. The molecule has 1 rings (SSSR count).